The number of benzene rings is 2. The maximum atomic E-state index is 12.5. The minimum Gasteiger partial charge on any atom is -0.497 e. The zero-order valence-electron chi connectivity index (χ0n) is 13.1. The molecule has 0 spiro atoms. The lowest BCUT2D eigenvalue weighted by molar-refractivity contribution is 0.0955. The zero-order chi connectivity index (χ0) is 17.8. The predicted octanol–water partition coefficient (Wildman–Crippen LogP) is 4.45. The van der Waals surface area contributed by atoms with Crippen molar-refractivity contribution in [1.82, 2.24) is 14.9 Å². The standard InChI is InChI=1S/C17H13Cl2N3O2S/c1-24-13-6-3-10(4-7-13)15-16(25-22-21-15)17(23)20-9-11-2-5-12(18)8-14(11)19/h2-8H,9H2,1H3,(H,20,23). The van der Waals surface area contributed by atoms with Gasteiger partial charge in [-0.3, -0.25) is 4.79 Å². The monoisotopic (exact) mass is 393 g/mol. The number of halogens is 2. The zero-order valence-corrected chi connectivity index (χ0v) is 15.5. The van der Waals surface area contributed by atoms with E-state index >= 15 is 0 Å². The molecule has 0 saturated carbocycles. The Morgan fingerprint density at radius 1 is 1.20 bits per heavy atom. The van der Waals surface area contributed by atoms with Gasteiger partial charge in [0, 0.05) is 22.2 Å². The molecule has 8 heteroatoms. The van der Waals surface area contributed by atoms with E-state index in [1.165, 1.54) is 0 Å². The van der Waals surface area contributed by atoms with Crippen molar-refractivity contribution < 1.29 is 9.53 Å². The topological polar surface area (TPSA) is 64.1 Å². The molecule has 5 nitrogen and oxygen atoms in total. The van der Waals surface area contributed by atoms with Crippen LogP contribution < -0.4 is 10.1 Å². The Balaban J connectivity index is 1.75. The molecule has 128 valence electrons. The van der Waals surface area contributed by atoms with E-state index in [9.17, 15) is 4.79 Å². The number of nitrogens with zero attached hydrogens (tertiary/aromatic N) is 2. The number of rotatable bonds is 5. The minimum atomic E-state index is -0.258. The van der Waals surface area contributed by atoms with Crippen molar-refractivity contribution in [3.63, 3.8) is 0 Å². The second-order valence-electron chi connectivity index (χ2n) is 5.10. The van der Waals surface area contributed by atoms with Gasteiger partial charge in [-0.25, -0.2) is 0 Å². The van der Waals surface area contributed by atoms with Crippen LogP contribution in [0.25, 0.3) is 11.3 Å². The Morgan fingerprint density at radius 3 is 2.64 bits per heavy atom. The van der Waals surface area contributed by atoms with Gasteiger partial charge < -0.3 is 10.1 Å². The number of nitrogens with one attached hydrogen (secondary N) is 1. The number of aromatic nitrogens is 2. The lowest BCUT2D eigenvalue weighted by atomic mass is 10.1. The van der Waals surface area contributed by atoms with E-state index in [2.05, 4.69) is 14.9 Å². The van der Waals surface area contributed by atoms with Crippen LogP contribution in [0.15, 0.2) is 42.5 Å². The summed E-state index contributed by atoms with van der Waals surface area (Å²) < 4.78 is 9.04. The van der Waals surface area contributed by atoms with E-state index in [4.69, 9.17) is 27.9 Å². The number of carbonyl (C=O) groups is 1. The Kier molecular flexibility index (Phi) is 5.53. The number of methoxy groups -OCH3 is 1. The number of amides is 1. The third-order valence-electron chi connectivity index (χ3n) is 3.51. The van der Waals surface area contributed by atoms with Gasteiger partial charge in [0.05, 0.1) is 7.11 Å². The van der Waals surface area contributed by atoms with Crippen molar-refractivity contribution in [3.05, 3.63) is 63.0 Å². The summed E-state index contributed by atoms with van der Waals surface area (Å²) in [6.07, 6.45) is 0. The quantitative estimate of drug-likeness (QED) is 0.695. The first-order chi connectivity index (χ1) is 12.1. The molecule has 3 rings (SSSR count). The predicted molar refractivity (Wildman–Crippen MR) is 99.5 cm³/mol. The SMILES string of the molecule is COc1ccc(-c2nnsc2C(=O)NCc2ccc(Cl)cc2Cl)cc1. The van der Waals surface area contributed by atoms with E-state index in [1.807, 2.05) is 24.3 Å². The van der Waals surface area contributed by atoms with Crippen LogP contribution in [0, 0.1) is 0 Å². The molecular formula is C17H13Cl2N3O2S. The summed E-state index contributed by atoms with van der Waals surface area (Å²) in [7, 11) is 1.60. The summed E-state index contributed by atoms with van der Waals surface area (Å²) in [5.41, 5.74) is 2.11. The normalized spacial score (nSPS) is 10.5. The summed E-state index contributed by atoms with van der Waals surface area (Å²) in [6, 6.07) is 12.4. The molecule has 0 aliphatic rings. The molecule has 0 radical (unpaired) electrons. The highest BCUT2D eigenvalue weighted by molar-refractivity contribution is 7.08. The van der Waals surface area contributed by atoms with Gasteiger partial charge in [0.1, 0.15) is 16.3 Å². The van der Waals surface area contributed by atoms with Gasteiger partial charge in [0.25, 0.3) is 5.91 Å². The molecule has 0 unspecified atom stereocenters. The molecule has 1 N–H and O–H groups in total. The fourth-order valence-electron chi connectivity index (χ4n) is 2.20. The van der Waals surface area contributed by atoms with Crippen LogP contribution in [-0.4, -0.2) is 22.6 Å². The average molecular weight is 394 g/mol. The number of hydrogen-bond donors (Lipinski definition) is 1. The molecule has 1 amide bonds. The molecule has 3 aromatic rings. The summed E-state index contributed by atoms with van der Waals surface area (Å²) in [6.45, 7) is 0.286. The van der Waals surface area contributed by atoms with Crippen LogP contribution in [0.4, 0.5) is 0 Å². The smallest absolute Gasteiger partial charge is 0.265 e. The molecule has 1 heterocycles. The summed E-state index contributed by atoms with van der Waals surface area (Å²) in [5, 5.41) is 7.96. The van der Waals surface area contributed by atoms with Crippen LogP contribution in [0.5, 0.6) is 5.75 Å². The van der Waals surface area contributed by atoms with Gasteiger partial charge in [0.15, 0.2) is 0 Å². The van der Waals surface area contributed by atoms with Gasteiger partial charge in [-0.15, -0.1) is 5.10 Å². The Morgan fingerprint density at radius 2 is 1.96 bits per heavy atom. The third-order valence-corrected chi connectivity index (χ3v) is 4.82. The summed E-state index contributed by atoms with van der Waals surface area (Å²) >= 11 is 13.0. The van der Waals surface area contributed by atoms with Crippen LogP contribution in [0.2, 0.25) is 10.0 Å². The highest BCUT2D eigenvalue weighted by Gasteiger charge is 2.18. The maximum absolute atomic E-state index is 12.5. The first-order valence-corrected chi connectivity index (χ1v) is 8.80. The lowest BCUT2D eigenvalue weighted by Crippen LogP contribution is -2.22. The number of hydrogen-bond acceptors (Lipinski definition) is 5. The highest BCUT2D eigenvalue weighted by Crippen LogP contribution is 2.26. The van der Waals surface area contributed by atoms with E-state index in [1.54, 1.807) is 25.3 Å². The van der Waals surface area contributed by atoms with Crippen molar-refractivity contribution in [2.24, 2.45) is 0 Å². The van der Waals surface area contributed by atoms with Crippen LogP contribution in [0.1, 0.15) is 15.2 Å². The number of carbonyl (C=O) groups excluding carboxylic acids is 1. The van der Waals surface area contributed by atoms with Crippen molar-refractivity contribution in [2.75, 3.05) is 7.11 Å². The Bertz CT molecular complexity index is 897. The van der Waals surface area contributed by atoms with Crippen molar-refractivity contribution >= 4 is 40.6 Å². The first kappa shape index (κ1) is 17.7. The molecule has 0 fully saturated rings. The van der Waals surface area contributed by atoms with E-state index < -0.39 is 0 Å². The molecule has 2 aromatic carbocycles. The van der Waals surface area contributed by atoms with Gasteiger partial charge >= 0.3 is 0 Å². The van der Waals surface area contributed by atoms with Crippen LogP contribution in [-0.2, 0) is 6.54 Å². The van der Waals surface area contributed by atoms with Gasteiger partial charge in [-0.2, -0.15) is 0 Å². The van der Waals surface area contributed by atoms with E-state index in [-0.39, 0.29) is 12.5 Å². The molecule has 25 heavy (non-hydrogen) atoms. The van der Waals surface area contributed by atoms with E-state index in [0.717, 1.165) is 28.4 Å². The molecule has 0 saturated heterocycles. The minimum absolute atomic E-state index is 0.258. The Hall–Kier alpha value is -2.15. The van der Waals surface area contributed by atoms with Crippen molar-refractivity contribution in [3.8, 4) is 17.0 Å². The second kappa shape index (κ2) is 7.82. The molecule has 0 aliphatic carbocycles. The van der Waals surface area contributed by atoms with Crippen molar-refractivity contribution in [2.45, 2.75) is 6.54 Å². The summed E-state index contributed by atoms with van der Waals surface area (Å²) in [4.78, 5) is 12.9. The molecule has 0 atom stereocenters. The second-order valence-corrected chi connectivity index (χ2v) is 6.70. The summed E-state index contributed by atoms with van der Waals surface area (Å²) in [5.74, 6) is 0.474. The fourth-order valence-corrected chi connectivity index (χ4v) is 3.28. The highest BCUT2D eigenvalue weighted by atomic mass is 35.5. The molecule has 0 bridgehead atoms. The third kappa shape index (κ3) is 4.10. The lowest BCUT2D eigenvalue weighted by Gasteiger charge is -2.07. The fraction of sp³-hybridized carbons (Fsp3) is 0.118. The molecule has 0 aliphatic heterocycles. The van der Waals surface area contributed by atoms with Crippen LogP contribution >= 0.6 is 34.7 Å². The van der Waals surface area contributed by atoms with E-state index in [0.29, 0.717) is 20.6 Å². The largest absolute Gasteiger partial charge is 0.497 e. The molecule has 1 aromatic heterocycles. The van der Waals surface area contributed by atoms with Crippen molar-refractivity contribution in [1.29, 1.82) is 0 Å². The molecular weight excluding hydrogens is 381 g/mol. The maximum Gasteiger partial charge on any atom is 0.265 e. The number of ether oxygens (including phenoxy) is 1. The Labute approximate surface area is 158 Å². The van der Waals surface area contributed by atoms with Gasteiger partial charge in [0.2, 0.25) is 0 Å². The van der Waals surface area contributed by atoms with Gasteiger partial charge in [-0.1, -0.05) is 33.8 Å². The van der Waals surface area contributed by atoms with Gasteiger partial charge in [-0.05, 0) is 53.5 Å². The average Bonchev–Trinajstić information content (AvgIpc) is 3.10. The van der Waals surface area contributed by atoms with Crippen LogP contribution in [0.3, 0.4) is 0 Å². The first-order valence-electron chi connectivity index (χ1n) is 7.27.